The average Bonchev–Trinajstić information content (AvgIpc) is 2.73. The number of hydrogen-bond donors (Lipinski definition) is 1. The Bertz CT molecular complexity index is 920. The quantitative estimate of drug-likeness (QED) is 0.670. The van der Waals surface area contributed by atoms with Gasteiger partial charge in [-0.2, -0.15) is 0 Å². The van der Waals surface area contributed by atoms with Gasteiger partial charge in [-0.15, -0.1) is 0 Å². The molecule has 6 heteroatoms. The van der Waals surface area contributed by atoms with E-state index in [2.05, 4.69) is 9.97 Å². The van der Waals surface area contributed by atoms with Gasteiger partial charge in [-0.05, 0) is 36.8 Å². The van der Waals surface area contributed by atoms with Gasteiger partial charge in [0.25, 0.3) is 0 Å². The molecule has 1 unspecified atom stereocenters. The molecule has 28 heavy (non-hydrogen) atoms. The summed E-state index contributed by atoms with van der Waals surface area (Å²) in [5.74, 6) is 1.34. The van der Waals surface area contributed by atoms with Crippen molar-refractivity contribution in [1.82, 2.24) is 9.97 Å². The molecule has 1 fully saturated rings. The fourth-order valence-corrected chi connectivity index (χ4v) is 3.34. The maximum atomic E-state index is 9.99. The summed E-state index contributed by atoms with van der Waals surface area (Å²) in [4.78, 5) is 8.65. The summed E-state index contributed by atoms with van der Waals surface area (Å²) in [7, 11) is 0. The summed E-state index contributed by atoms with van der Waals surface area (Å²) in [5.41, 5.74) is 0.720. The van der Waals surface area contributed by atoms with Crippen molar-refractivity contribution >= 4 is 10.8 Å². The van der Waals surface area contributed by atoms with Crippen molar-refractivity contribution in [1.29, 1.82) is 0 Å². The SMILES string of the molecule is Oc1cc(CCOc2cccc3ccncc23)nc(OCC2CCCCO2)c1. The van der Waals surface area contributed by atoms with Gasteiger partial charge in [0.05, 0.1) is 18.4 Å². The third kappa shape index (κ3) is 4.70. The normalized spacial score (nSPS) is 16.8. The van der Waals surface area contributed by atoms with E-state index in [4.69, 9.17) is 14.2 Å². The molecule has 3 aromatic rings. The van der Waals surface area contributed by atoms with Gasteiger partial charge in [-0.3, -0.25) is 4.98 Å². The van der Waals surface area contributed by atoms with E-state index in [1.807, 2.05) is 24.3 Å². The molecule has 0 aliphatic carbocycles. The summed E-state index contributed by atoms with van der Waals surface area (Å²) in [6, 6.07) is 11.0. The van der Waals surface area contributed by atoms with E-state index in [1.54, 1.807) is 18.5 Å². The standard InChI is InChI=1S/C22H24N2O4/c25-18-12-17(24-22(13-18)28-15-19-5-1-2-10-26-19)8-11-27-21-6-3-4-16-7-9-23-14-20(16)21/h3-4,6-7,9,12-14,19H,1-2,5,8,10-11,15H2,(H,24,25). The maximum Gasteiger partial charge on any atom is 0.217 e. The van der Waals surface area contributed by atoms with Crippen molar-refractivity contribution in [2.24, 2.45) is 0 Å². The molecule has 1 atom stereocenters. The highest BCUT2D eigenvalue weighted by molar-refractivity contribution is 5.87. The van der Waals surface area contributed by atoms with E-state index in [0.717, 1.165) is 48.1 Å². The second-order valence-corrected chi connectivity index (χ2v) is 6.91. The minimum atomic E-state index is 0.102. The van der Waals surface area contributed by atoms with Gasteiger partial charge in [0.15, 0.2) is 0 Å². The van der Waals surface area contributed by atoms with Crippen LogP contribution in [0, 0.1) is 0 Å². The zero-order valence-electron chi connectivity index (χ0n) is 15.7. The van der Waals surface area contributed by atoms with Crippen LogP contribution >= 0.6 is 0 Å². The van der Waals surface area contributed by atoms with E-state index in [9.17, 15) is 5.11 Å². The lowest BCUT2D eigenvalue weighted by atomic mass is 10.1. The van der Waals surface area contributed by atoms with Crippen LogP contribution < -0.4 is 9.47 Å². The Morgan fingerprint density at radius 2 is 2.11 bits per heavy atom. The first-order chi connectivity index (χ1) is 13.8. The Hall–Kier alpha value is -2.86. The van der Waals surface area contributed by atoms with Crippen molar-refractivity contribution in [2.45, 2.75) is 31.8 Å². The number of rotatable bonds is 7. The first kappa shape index (κ1) is 18.5. The lowest BCUT2D eigenvalue weighted by molar-refractivity contribution is -0.0120. The molecule has 3 heterocycles. The van der Waals surface area contributed by atoms with Crippen molar-refractivity contribution < 1.29 is 19.3 Å². The highest BCUT2D eigenvalue weighted by Gasteiger charge is 2.15. The van der Waals surface area contributed by atoms with E-state index in [1.165, 1.54) is 6.07 Å². The first-order valence-electron chi connectivity index (χ1n) is 9.68. The molecule has 146 valence electrons. The fourth-order valence-electron chi connectivity index (χ4n) is 3.34. The Labute approximate surface area is 164 Å². The van der Waals surface area contributed by atoms with E-state index >= 15 is 0 Å². The third-order valence-electron chi connectivity index (χ3n) is 4.79. The number of benzene rings is 1. The third-order valence-corrected chi connectivity index (χ3v) is 4.79. The number of ether oxygens (including phenoxy) is 3. The van der Waals surface area contributed by atoms with Crippen LogP contribution in [0.2, 0.25) is 0 Å². The zero-order chi connectivity index (χ0) is 19.2. The molecule has 1 aliphatic heterocycles. The van der Waals surface area contributed by atoms with Gasteiger partial charge in [0.2, 0.25) is 5.88 Å². The number of pyridine rings is 2. The van der Waals surface area contributed by atoms with Crippen LogP contribution in [0.3, 0.4) is 0 Å². The maximum absolute atomic E-state index is 9.99. The molecule has 0 saturated carbocycles. The monoisotopic (exact) mass is 380 g/mol. The molecule has 2 aromatic heterocycles. The lowest BCUT2D eigenvalue weighted by Gasteiger charge is -2.22. The summed E-state index contributed by atoms with van der Waals surface area (Å²) in [6.07, 6.45) is 7.50. The molecule has 6 nitrogen and oxygen atoms in total. The zero-order valence-corrected chi connectivity index (χ0v) is 15.7. The smallest absolute Gasteiger partial charge is 0.217 e. The van der Waals surface area contributed by atoms with Crippen LogP contribution in [0.15, 0.2) is 48.8 Å². The fraction of sp³-hybridized carbons (Fsp3) is 0.364. The molecular weight excluding hydrogens is 356 g/mol. The molecule has 0 radical (unpaired) electrons. The molecule has 0 amide bonds. The number of fused-ring (bicyclic) bond motifs is 1. The van der Waals surface area contributed by atoms with Gasteiger partial charge >= 0.3 is 0 Å². The van der Waals surface area contributed by atoms with Crippen LogP contribution in [-0.2, 0) is 11.2 Å². The molecule has 1 aliphatic rings. The number of aromatic hydroxyl groups is 1. The predicted octanol–water partition coefficient (Wildman–Crippen LogP) is 3.90. The Kier molecular flexibility index (Phi) is 5.87. The predicted molar refractivity (Wildman–Crippen MR) is 106 cm³/mol. The van der Waals surface area contributed by atoms with Gasteiger partial charge < -0.3 is 19.3 Å². The Balaban J connectivity index is 1.35. The van der Waals surface area contributed by atoms with Gasteiger partial charge in [-0.1, -0.05) is 12.1 Å². The molecule has 0 bridgehead atoms. The summed E-state index contributed by atoms with van der Waals surface area (Å²) >= 11 is 0. The minimum absolute atomic E-state index is 0.102. The van der Waals surface area contributed by atoms with Crippen LogP contribution in [0.25, 0.3) is 10.8 Å². The molecule has 1 saturated heterocycles. The van der Waals surface area contributed by atoms with Crippen LogP contribution in [0.5, 0.6) is 17.4 Å². The molecule has 1 aromatic carbocycles. The highest BCUT2D eigenvalue weighted by atomic mass is 16.5. The van der Waals surface area contributed by atoms with Crippen LogP contribution in [-0.4, -0.2) is 41.0 Å². The second-order valence-electron chi connectivity index (χ2n) is 6.91. The minimum Gasteiger partial charge on any atom is -0.508 e. The first-order valence-corrected chi connectivity index (χ1v) is 9.68. The topological polar surface area (TPSA) is 73.7 Å². The van der Waals surface area contributed by atoms with Gasteiger partial charge in [0, 0.05) is 42.9 Å². The highest BCUT2D eigenvalue weighted by Crippen LogP contribution is 2.25. The van der Waals surface area contributed by atoms with Crippen LogP contribution in [0.4, 0.5) is 0 Å². The summed E-state index contributed by atoms with van der Waals surface area (Å²) < 4.78 is 17.3. The second kappa shape index (κ2) is 8.89. The van der Waals surface area contributed by atoms with Crippen molar-refractivity contribution in [3.8, 4) is 17.4 Å². The number of hydrogen-bond acceptors (Lipinski definition) is 6. The summed E-state index contributed by atoms with van der Waals surface area (Å²) in [6.45, 7) is 1.68. The average molecular weight is 380 g/mol. The molecule has 1 N–H and O–H groups in total. The molecule has 0 spiro atoms. The van der Waals surface area contributed by atoms with E-state index < -0.39 is 0 Å². The Morgan fingerprint density at radius 1 is 1.14 bits per heavy atom. The number of aromatic nitrogens is 2. The number of nitrogens with zero attached hydrogens (tertiary/aromatic N) is 2. The van der Waals surface area contributed by atoms with Crippen molar-refractivity contribution in [3.05, 3.63) is 54.5 Å². The van der Waals surface area contributed by atoms with Crippen molar-refractivity contribution in [3.63, 3.8) is 0 Å². The van der Waals surface area contributed by atoms with Crippen LogP contribution in [0.1, 0.15) is 25.0 Å². The largest absolute Gasteiger partial charge is 0.508 e. The van der Waals surface area contributed by atoms with Gasteiger partial charge in [-0.25, -0.2) is 4.98 Å². The van der Waals surface area contributed by atoms with Gasteiger partial charge in [0.1, 0.15) is 18.1 Å². The molecule has 4 rings (SSSR count). The molecular formula is C22H24N2O4. The summed E-state index contributed by atoms with van der Waals surface area (Å²) in [5, 5.41) is 12.1. The van der Waals surface area contributed by atoms with E-state index in [0.29, 0.717) is 25.5 Å². The Morgan fingerprint density at radius 3 is 3.00 bits per heavy atom. The lowest BCUT2D eigenvalue weighted by Crippen LogP contribution is -2.26. The van der Waals surface area contributed by atoms with E-state index in [-0.39, 0.29) is 11.9 Å². The van der Waals surface area contributed by atoms with Crippen molar-refractivity contribution in [2.75, 3.05) is 19.8 Å².